The summed E-state index contributed by atoms with van der Waals surface area (Å²) in [6, 6.07) is 7.39. The van der Waals surface area contributed by atoms with Gasteiger partial charge in [0.15, 0.2) is 17.3 Å². The Hall–Kier alpha value is -3.15. The molecule has 2 aliphatic heterocycles. The molecule has 36 heavy (non-hydrogen) atoms. The van der Waals surface area contributed by atoms with Crippen molar-refractivity contribution in [3.8, 4) is 17.4 Å². The molecule has 1 atom stereocenters. The first-order valence-corrected chi connectivity index (χ1v) is 12.7. The third-order valence-electron chi connectivity index (χ3n) is 6.21. The van der Waals surface area contributed by atoms with Crippen LogP contribution in [-0.2, 0) is 9.47 Å². The molecule has 0 bridgehead atoms. The van der Waals surface area contributed by atoms with E-state index in [2.05, 4.69) is 4.90 Å². The molecule has 1 unspecified atom stereocenters. The minimum Gasteiger partial charge on any atom is -0.493 e. The third kappa shape index (κ3) is 5.04. The molecule has 2 aliphatic rings. The van der Waals surface area contributed by atoms with E-state index >= 15 is 0 Å². The minimum absolute atomic E-state index is 0.0617. The van der Waals surface area contributed by atoms with E-state index in [0.717, 1.165) is 4.88 Å². The molecule has 11 heteroatoms. The molecule has 0 aliphatic carbocycles. The van der Waals surface area contributed by atoms with Crippen LogP contribution in [0, 0.1) is 0 Å². The van der Waals surface area contributed by atoms with Gasteiger partial charge in [-0.25, -0.2) is 4.98 Å². The van der Waals surface area contributed by atoms with Crippen molar-refractivity contribution in [3.63, 3.8) is 0 Å². The van der Waals surface area contributed by atoms with Crippen LogP contribution in [0.4, 0.5) is 5.95 Å². The number of benzene rings is 1. The molecule has 4 heterocycles. The standard InChI is InChI=1S/C25H30N4O6S/c1-25(2)34-15-16(35-25)14-33-22-17-12-19(31-3)20(32-4)13-18(17)26-24(27-22)29-9-7-28(8-10-29)23(30)21-6-5-11-36-21/h5-6,11-13,16H,7-10,14-15H2,1-4H3. The van der Waals surface area contributed by atoms with E-state index in [0.29, 0.717) is 67.0 Å². The van der Waals surface area contributed by atoms with Gasteiger partial charge in [0.25, 0.3) is 5.91 Å². The second-order valence-electron chi connectivity index (χ2n) is 9.07. The largest absolute Gasteiger partial charge is 0.493 e. The molecule has 1 aromatic carbocycles. The first-order chi connectivity index (χ1) is 17.4. The molecule has 0 radical (unpaired) electrons. The minimum atomic E-state index is -0.635. The van der Waals surface area contributed by atoms with Crippen LogP contribution in [0.5, 0.6) is 17.4 Å². The van der Waals surface area contributed by atoms with Crippen molar-refractivity contribution in [1.82, 2.24) is 14.9 Å². The van der Waals surface area contributed by atoms with E-state index in [4.69, 9.17) is 33.7 Å². The van der Waals surface area contributed by atoms with Crippen molar-refractivity contribution in [2.45, 2.75) is 25.7 Å². The molecule has 2 fully saturated rings. The summed E-state index contributed by atoms with van der Waals surface area (Å²) in [5.41, 5.74) is 0.675. The Kier molecular flexibility index (Phi) is 6.87. The quantitative estimate of drug-likeness (QED) is 0.471. The molecule has 5 rings (SSSR count). The number of nitrogens with zero attached hydrogens (tertiary/aromatic N) is 4. The first kappa shape index (κ1) is 24.5. The number of aromatic nitrogens is 2. The topological polar surface area (TPSA) is 95.5 Å². The Morgan fingerprint density at radius 1 is 1.14 bits per heavy atom. The van der Waals surface area contributed by atoms with E-state index in [-0.39, 0.29) is 18.6 Å². The number of hydrogen-bond donors (Lipinski definition) is 0. The van der Waals surface area contributed by atoms with Gasteiger partial charge in [0.1, 0.15) is 12.7 Å². The molecule has 192 valence electrons. The van der Waals surface area contributed by atoms with Gasteiger partial charge in [-0.15, -0.1) is 11.3 Å². The van der Waals surface area contributed by atoms with Gasteiger partial charge in [-0.1, -0.05) is 6.07 Å². The molecule has 1 amide bonds. The Balaban J connectivity index is 1.39. The highest BCUT2D eigenvalue weighted by molar-refractivity contribution is 7.12. The van der Waals surface area contributed by atoms with Crippen molar-refractivity contribution < 1.29 is 28.5 Å². The first-order valence-electron chi connectivity index (χ1n) is 11.8. The molecule has 0 saturated carbocycles. The summed E-state index contributed by atoms with van der Waals surface area (Å²) in [4.78, 5) is 27.0. The van der Waals surface area contributed by atoms with E-state index in [1.165, 1.54) is 11.3 Å². The summed E-state index contributed by atoms with van der Waals surface area (Å²) < 4.78 is 28.7. The van der Waals surface area contributed by atoms with Crippen molar-refractivity contribution >= 4 is 34.1 Å². The molecular formula is C25H30N4O6S. The summed E-state index contributed by atoms with van der Waals surface area (Å²) in [6.07, 6.45) is -0.208. The van der Waals surface area contributed by atoms with Crippen LogP contribution in [0.1, 0.15) is 23.5 Å². The number of rotatable bonds is 7. The maximum Gasteiger partial charge on any atom is 0.264 e. The summed E-state index contributed by atoms with van der Waals surface area (Å²) in [5.74, 6) is 1.53. The lowest BCUT2D eigenvalue weighted by molar-refractivity contribution is -0.141. The normalized spacial score (nSPS) is 19.5. The fraction of sp³-hybridized carbons (Fsp3) is 0.480. The zero-order chi connectivity index (χ0) is 25.3. The highest BCUT2D eigenvalue weighted by Crippen LogP contribution is 2.36. The fourth-order valence-electron chi connectivity index (χ4n) is 4.35. The molecule has 0 spiro atoms. The van der Waals surface area contributed by atoms with Crippen LogP contribution >= 0.6 is 11.3 Å². The third-order valence-corrected chi connectivity index (χ3v) is 7.07. The van der Waals surface area contributed by atoms with Gasteiger partial charge in [0.05, 0.1) is 36.6 Å². The van der Waals surface area contributed by atoms with Gasteiger partial charge in [0.2, 0.25) is 11.8 Å². The lowest BCUT2D eigenvalue weighted by Crippen LogP contribution is -2.49. The highest BCUT2D eigenvalue weighted by atomic mass is 32.1. The molecule has 10 nitrogen and oxygen atoms in total. The van der Waals surface area contributed by atoms with Crippen molar-refractivity contribution in [2.75, 3.05) is 58.5 Å². The number of ether oxygens (including phenoxy) is 5. The second-order valence-corrected chi connectivity index (χ2v) is 10.0. The highest BCUT2D eigenvalue weighted by Gasteiger charge is 2.33. The van der Waals surface area contributed by atoms with E-state index in [1.54, 1.807) is 14.2 Å². The summed E-state index contributed by atoms with van der Waals surface area (Å²) >= 11 is 1.46. The van der Waals surface area contributed by atoms with Crippen molar-refractivity contribution in [1.29, 1.82) is 0 Å². The van der Waals surface area contributed by atoms with Crippen LogP contribution in [0.25, 0.3) is 10.9 Å². The average molecular weight is 515 g/mol. The lowest BCUT2D eigenvalue weighted by atomic mass is 10.2. The zero-order valence-corrected chi connectivity index (χ0v) is 21.7. The number of thiophene rings is 1. The number of methoxy groups -OCH3 is 2. The smallest absolute Gasteiger partial charge is 0.264 e. The summed E-state index contributed by atoms with van der Waals surface area (Å²) in [7, 11) is 3.18. The Bertz CT molecular complexity index is 1230. The number of fused-ring (bicyclic) bond motifs is 1. The second kappa shape index (κ2) is 10.1. The van der Waals surface area contributed by atoms with Gasteiger partial charge >= 0.3 is 0 Å². The number of carbonyl (C=O) groups excluding carboxylic acids is 1. The van der Waals surface area contributed by atoms with Crippen LogP contribution in [-0.4, -0.2) is 86.3 Å². The Labute approximate surface area is 213 Å². The predicted octanol–water partition coefficient (Wildman–Crippen LogP) is 3.20. The lowest BCUT2D eigenvalue weighted by Gasteiger charge is -2.34. The van der Waals surface area contributed by atoms with Crippen molar-refractivity contribution in [3.05, 3.63) is 34.5 Å². The maximum atomic E-state index is 12.7. The molecule has 2 saturated heterocycles. The Morgan fingerprint density at radius 2 is 1.89 bits per heavy atom. The van der Waals surface area contributed by atoms with Crippen LogP contribution in [0.2, 0.25) is 0 Å². The number of anilines is 1. The fourth-order valence-corrected chi connectivity index (χ4v) is 5.04. The summed E-state index contributed by atoms with van der Waals surface area (Å²) in [6.45, 7) is 6.89. The van der Waals surface area contributed by atoms with Crippen LogP contribution < -0.4 is 19.1 Å². The SMILES string of the molecule is COc1cc2nc(N3CCN(C(=O)c4cccs4)CC3)nc(OCC3COC(C)(C)O3)c2cc1OC. The number of amides is 1. The Morgan fingerprint density at radius 3 is 2.53 bits per heavy atom. The zero-order valence-electron chi connectivity index (χ0n) is 20.9. The van der Waals surface area contributed by atoms with Gasteiger partial charge in [-0.3, -0.25) is 4.79 Å². The molecule has 3 aromatic rings. The average Bonchev–Trinajstić information content (AvgIpc) is 3.55. The van der Waals surface area contributed by atoms with Gasteiger partial charge in [0, 0.05) is 32.2 Å². The van der Waals surface area contributed by atoms with E-state index < -0.39 is 5.79 Å². The van der Waals surface area contributed by atoms with E-state index in [1.807, 2.05) is 48.4 Å². The number of hydrogen-bond acceptors (Lipinski definition) is 10. The van der Waals surface area contributed by atoms with Gasteiger partial charge < -0.3 is 33.5 Å². The summed E-state index contributed by atoms with van der Waals surface area (Å²) in [5, 5.41) is 2.63. The van der Waals surface area contributed by atoms with Gasteiger partial charge in [-0.05, 0) is 31.4 Å². The predicted molar refractivity (Wildman–Crippen MR) is 135 cm³/mol. The van der Waals surface area contributed by atoms with Gasteiger partial charge in [-0.2, -0.15) is 4.98 Å². The van der Waals surface area contributed by atoms with Crippen molar-refractivity contribution in [2.24, 2.45) is 0 Å². The molecule has 0 N–H and O–H groups in total. The van der Waals surface area contributed by atoms with E-state index in [9.17, 15) is 4.79 Å². The molecule has 2 aromatic heterocycles. The monoisotopic (exact) mass is 514 g/mol. The number of piperazine rings is 1. The van der Waals surface area contributed by atoms with Crippen LogP contribution in [0.3, 0.4) is 0 Å². The van der Waals surface area contributed by atoms with Crippen LogP contribution in [0.15, 0.2) is 29.6 Å². The maximum absolute atomic E-state index is 12.7. The molecular weight excluding hydrogens is 484 g/mol. The number of carbonyl (C=O) groups is 1.